The largest absolute Gasteiger partial charge is 0.455 e. The van der Waals surface area contributed by atoms with Gasteiger partial charge < -0.3 is 14.6 Å². The van der Waals surface area contributed by atoms with Gasteiger partial charge in [0.2, 0.25) is 0 Å². The molecule has 0 saturated heterocycles. The topological polar surface area (TPSA) is 75.3 Å². The highest BCUT2D eigenvalue weighted by Gasteiger charge is 2.74. The Bertz CT molecular complexity index is 1380. The number of nitrogens with zero attached hydrogens (tertiary/aromatic N) is 2. The molecule has 1 aromatic carbocycles. The first kappa shape index (κ1) is 20.1. The van der Waals surface area contributed by atoms with Crippen LogP contribution >= 0.6 is 0 Å². The number of amides is 1. The van der Waals surface area contributed by atoms with E-state index < -0.39 is 28.9 Å². The third-order valence-corrected chi connectivity index (χ3v) is 6.92. The van der Waals surface area contributed by atoms with E-state index in [2.05, 4.69) is 9.97 Å². The van der Waals surface area contributed by atoms with E-state index in [0.29, 0.717) is 17.3 Å². The summed E-state index contributed by atoms with van der Waals surface area (Å²) in [6.45, 7) is 4.15. The SMILES string of the molecule is CC1(C)CN(C(=O)c2ccc(F)c(F)c2)C=C(C(=O)OC23CC2C3)c2[nH]c3ncccc3c21. The summed E-state index contributed by atoms with van der Waals surface area (Å²) in [6.07, 6.45) is 4.88. The maximum atomic E-state index is 13.8. The van der Waals surface area contributed by atoms with Crippen LogP contribution in [0.15, 0.2) is 42.7 Å². The second kappa shape index (κ2) is 6.50. The summed E-state index contributed by atoms with van der Waals surface area (Å²) in [6, 6.07) is 6.78. The van der Waals surface area contributed by atoms with Crippen molar-refractivity contribution < 1.29 is 23.1 Å². The predicted octanol–water partition coefficient (Wildman–Crippen LogP) is 4.32. The molecule has 2 fully saturated rings. The molecule has 6 nitrogen and oxygen atoms in total. The quantitative estimate of drug-likeness (QED) is 0.605. The molecule has 3 aromatic rings. The molecule has 0 bridgehead atoms. The van der Waals surface area contributed by atoms with Gasteiger partial charge in [-0.15, -0.1) is 0 Å². The van der Waals surface area contributed by atoms with Crippen LogP contribution in [0.3, 0.4) is 0 Å². The number of rotatable bonds is 3. The Hall–Kier alpha value is -3.55. The first-order valence-corrected chi connectivity index (χ1v) is 10.9. The van der Waals surface area contributed by atoms with Crippen molar-refractivity contribution in [1.29, 1.82) is 0 Å². The number of pyridine rings is 1. The van der Waals surface area contributed by atoms with Crippen molar-refractivity contribution in [2.24, 2.45) is 5.92 Å². The van der Waals surface area contributed by atoms with Crippen LogP contribution < -0.4 is 0 Å². The van der Waals surface area contributed by atoms with Gasteiger partial charge in [0.15, 0.2) is 11.6 Å². The fourth-order valence-corrected chi connectivity index (χ4v) is 4.84. The number of aromatic nitrogens is 2. The number of ether oxygens (including phenoxy) is 1. The van der Waals surface area contributed by atoms with Crippen molar-refractivity contribution in [2.75, 3.05) is 6.54 Å². The van der Waals surface area contributed by atoms with Gasteiger partial charge in [0.1, 0.15) is 11.2 Å². The Morgan fingerprint density at radius 3 is 2.64 bits per heavy atom. The summed E-state index contributed by atoms with van der Waals surface area (Å²) in [7, 11) is 0. The molecule has 8 heteroatoms. The number of aromatic amines is 1. The molecule has 3 heterocycles. The number of carbonyl (C=O) groups is 2. The molecule has 2 aliphatic carbocycles. The minimum absolute atomic E-state index is 0.00574. The lowest BCUT2D eigenvalue weighted by atomic mass is 9.82. The molecule has 0 spiro atoms. The molecule has 1 N–H and O–H groups in total. The van der Waals surface area contributed by atoms with Crippen LogP contribution in [0.5, 0.6) is 0 Å². The molecule has 6 rings (SSSR count). The smallest absolute Gasteiger partial charge is 0.342 e. The highest BCUT2D eigenvalue weighted by atomic mass is 19.2. The highest BCUT2D eigenvalue weighted by Crippen LogP contribution is 2.69. The summed E-state index contributed by atoms with van der Waals surface area (Å²) in [5, 5.41) is 0.854. The number of benzene rings is 1. The Balaban J connectivity index is 1.48. The van der Waals surface area contributed by atoms with Crippen molar-refractivity contribution in [3.8, 4) is 0 Å². The van der Waals surface area contributed by atoms with Crippen LogP contribution in [0.1, 0.15) is 48.3 Å². The summed E-state index contributed by atoms with van der Waals surface area (Å²) in [5.74, 6) is -2.74. The fraction of sp³-hybridized carbons (Fsp3) is 0.320. The van der Waals surface area contributed by atoms with Crippen LogP contribution in [0.2, 0.25) is 0 Å². The Labute approximate surface area is 188 Å². The van der Waals surface area contributed by atoms with Crippen molar-refractivity contribution in [3.63, 3.8) is 0 Å². The number of carbonyl (C=O) groups excluding carboxylic acids is 2. The van der Waals surface area contributed by atoms with Gasteiger partial charge in [0, 0.05) is 41.2 Å². The van der Waals surface area contributed by atoms with Crippen molar-refractivity contribution in [2.45, 2.75) is 37.7 Å². The zero-order valence-corrected chi connectivity index (χ0v) is 18.1. The first-order valence-electron chi connectivity index (χ1n) is 10.9. The fourth-order valence-electron chi connectivity index (χ4n) is 4.84. The number of hydrogen-bond acceptors (Lipinski definition) is 4. The van der Waals surface area contributed by atoms with E-state index in [1.165, 1.54) is 17.2 Å². The van der Waals surface area contributed by atoms with Crippen molar-refractivity contribution >= 4 is 28.5 Å². The molecule has 2 saturated carbocycles. The van der Waals surface area contributed by atoms with E-state index in [0.717, 1.165) is 35.9 Å². The zero-order valence-electron chi connectivity index (χ0n) is 18.1. The molecule has 168 valence electrons. The van der Waals surface area contributed by atoms with Gasteiger partial charge in [-0.1, -0.05) is 13.8 Å². The average Bonchev–Trinajstić information content (AvgIpc) is 3.58. The standard InChI is InChI=1S/C25H21F2N3O3/c1-24(2)12-30(22(31)13-5-6-17(26)18(27)8-13)11-16(23(32)33-25-9-14(25)10-25)20-19(24)15-4-3-7-28-21(15)29-20/h3-8,11,14H,9-10,12H2,1-2H3,(H,28,29). The summed E-state index contributed by atoms with van der Waals surface area (Å²) >= 11 is 0. The van der Waals surface area contributed by atoms with E-state index in [1.807, 2.05) is 26.0 Å². The van der Waals surface area contributed by atoms with Crippen molar-refractivity contribution in [1.82, 2.24) is 14.9 Å². The van der Waals surface area contributed by atoms with Crippen molar-refractivity contribution in [3.05, 3.63) is 71.2 Å². The van der Waals surface area contributed by atoms with Gasteiger partial charge in [0.05, 0.1) is 11.3 Å². The Morgan fingerprint density at radius 1 is 1.18 bits per heavy atom. The number of hydrogen-bond donors (Lipinski definition) is 1. The highest BCUT2D eigenvalue weighted by molar-refractivity contribution is 6.18. The normalized spacial score (nSPS) is 24.4. The zero-order chi connectivity index (χ0) is 23.1. The molecule has 0 atom stereocenters. The summed E-state index contributed by atoms with van der Waals surface area (Å²) < 4.78 is 33.1. The minimum Gasteiger partial charge on any atom is -0.455 e. The molecule has 0 radical (unpaired) electrons. The van der Waals surface area contributed by atoms with E-state index in [-0.39, 0.29) is 23.3 Å². The Morgan fingerprint density at radius 2 is 1.94 bits per heavy atom. The van der Waals surface area contributed by atoms with Gasteiger partial charge in [-0.05, 0) is 48.7 Å². The lowest BCUT2D eigenvalue weighted by Crippen LogP contribution is -2.37. The molecular weight excluding hydrogens is 428 g/mol. The maximum absolute atomic E-state index is 13.8. The number of fused-ring (bicyclic) bond motifs is 4. The molecule has 0 unspecified atom stereocenters. The molecular formula is C25H21F2N3O3. The number of nitrogens with one attached hydrogen (secondary N) is 1. The van der Waals surface area contributed by atoms with Crippen LogP contribution in [-0.2, 0) is 14.9 Å². The van der Waals surface area contributed by atoms with Crippen LogP contribution in [0, 0.1) is 17.6 Å². The monoisotopic (exact) mass is 449 g/mol. The summed E-state index contributed by atoms with van der Waals surface area (Å²) in [4.78, 5) is 35.7. The van der Waals surface area contributed by atoms with E-state index in [4.69, 9.17) is 4.74 Å². The lowest BCUT2D eigenvalue weighted by molar-refractivity contribution is -0.140. The van der Waals surface area contributed by atoms with E-state index in [1.54, 1.807) is 6.20 Å². The van der Waals surface area contributed by atoms with Gasteiger partial charge in [-0.2, -0.15) is 0 Å². The molecule has 1 amide bonds. The second-order valence-corrected chi connectivity index (χ2v) is 9.82. The maximum Gasteiger partial charge on any atom is 0.342 e. The third-order valence-electron chi connectivity index (χ3n) is 6.92. The predicted molar refractivity (Wildman–Crippen MR) is 116 cm³/mol. The van der Waals surface area contributed by atoms with E-state index in [9.17, 15) is 18.4 Å². The lowest BCUT2D eigenvalue weighted by Gasteiger charge is -2.29. The molecule has 1 aliphatic heterocycles. The minimum atomic E-state index is -1.10. The third kappa shape index (κ3) is 3.08. The first-order chi connectivity index (χ1) is 15.7. The molecule has 3 aliphatic rings. The van der Waals surface area contributed by atoms with Gasteiger partial charge in [0.25, 0.3) is 5.91 Å². The van der Waals surface area contributed by atoms with Crippen LogP contribution in [0.25, 0.3) is 16.6 Å². The van der Waals surface area contributed by atoms with E-state index >= 15 is 0 Å². The number of esters is 1. The second-order valence-electron chi connectivity index (χ2n) is 9.82. The van der Waals surface area contributed by atoms with Crippen LogP contribution in [-0.4, -0.2) is 38.9 Å². The number of H-pyrrole nitrogens is 1. The molecule has 2 aromatic heterocycles. The molecule has 33 heavy (non-hydrogen) atoms. The summed E-state index contributed by atoms with van der Waals surface area (Å²) in [5.41, 5.74) is 1.33. The van der Waals surface area contributed by atoms with Gasteiger partial charge >= 0.3 is 5.97 Å². The Kier molecular flexibility index (Phi) is 3.95. The average molecular weight is 449 g/mol. The van der Waals surface area contributed by atoms with Crippen LogP contribution in [0.4, 0.5) is 8.78 Å². The van der Waals surface area contributed by atoms with Gasteiger partial charge in [-0.3, -0.25) is 4.79 Å². The number of halogens is 2. The van der Waals surface area contributed by atoms with Gasteiger partial charge in [-0.25, -0.2) is 18.6 Å².